The van der Waals surface area contributed by atoms with E-state index in [4.69, 9.17) is 16.3 Å². The topological polar surface area (TPSA) is 95.7 Å². The minimum atomic E-state index is -0.838. The maximum atomic E-state index is 12.0. The van der Waals surface area contributed by atoms with Crippen LogP contribution in [-0.2, 0) is 16.1 Å². The fourth-order valence-corrected chi connectivity index (χ4v) is 2.08. The molecule has 2 aromatic rings. The van der Waals surface area contributed by atoms with Crippen molar-refractivity contribution in [1.82, 2.24) is 0 Å². The zero-order valence-electron chi connectivity index (χ0n) is 12.5. The summed E-state index contributed by atoms with van der Waals surface area (Å²) in [6, 6.07) is 9.94. The van der Waals surface area contributed by atoms with Crippen LogP contribution in [0, 0.1) is 10.1 Å². The molecule has 0 aromatic heterocycles. The zero-order valence-corrected chi connectivity index (χ0v) is 13.3. The Bertz CT molecular complexity index is 788. The molecule has 0 aliphatic heterocycles. The van der Waals surface area contributed by atoms with Crippen LogP contribution in [0.1, 0.15) is 26.3 Å². The maximum Gasteiger partial charge on any atom is 0.345 e. The second-order valence-electron chi connectivity index (χ2n) is 4.68. The summed E-state index contributed by atoms with van der Waals surface area (Å²) in [5, 5.41) is 11.1. The number of rotatable bonds is 5. The second-order valence-corrected chi connectivity index (χ2v) is 5.12. The molecular weight excluding hydrogens is 338 g/mol. The third-order valence-electron chi connectivity index (χ3n) is 3.12. The molecule has 0 unspecified atom stereocenters. The van der Waals surface area contributed by atoms with Gasteiger partial charge in [-0.25, -0.2) is 9.59 Å². The van der Waals surface area contributed by atoms with Crippen LogP contribution in [-0.4, -0.2) is 24.0 Å². The lowest BCUT2D eigenvalue weighted by Crippen LogP contribution is -2.08. The first-order valence-corrected chi connectivity index (χ1v) is 7.08. The molecule has 2 rings (SSSR count). The van der Waals surface area contributed by atoms with Gasteiger partial charge in [0, 0.05) is 11.1 Å². The van der Waals surface area contributed by atoms with Crippen LogP contribution >= 0.6 is 11.6 Å². The van der Waals surface area contributed by atoms with Gasteiger partial charge >= 0.3 is 11.9 Å². The molecule has 8 heteroatoms. The molecule has 0 heterocycles. The molecule has 7 nitrogen and oxygen atoms in total. The van der Waals surface area contributed by atoms with Crippen LogP contribution in [0.15, 0.2) is 42.5 Å². The van der Waals surface area contributed by atoms with Gasteiger partial charge in [0.1, 0.15) is 12.2 Å². The van der Waals surface area contributed by atoms with Crippen molar-refractivity contribution in [2.75, 3.05) is 7.11 Å². The van der Waals surface area contributed by atoms with E-state index in [1.165, 1.54) is 31.4 Å². The van der Waals surface area contributed by atoms with Crippen LogP contribution in [0.5, 0.6) is 0 Å². The van der Waals surface area contributed by atoms with E-state index in [0.717, 1.165) is 6.07 Å². The summed E-state index contributed by atoms with van der Waals surface area (Å²) in [5.41, 5.74) is 0.373. The lowest BCUT2D eigenvalue weighted by atomic mass is 10.1. The molecule has 0 N–H and O–H groups in total. The van der Waals surface area contributed by atoms with E-state index < -0.39 is 22.5 Å². The summed E-state index contributed by atoms with van der Waals surface area (Å²) in [6.07, 6.45) is 0. The molecule has 0 fully saturated rings. The molecule has 2 aromatic carbocycles. The molecule has 0 saturated heterocycles. The van der Waals surface area contributed by atoms with E-state index in [0.29, 0.717) is 11.1 Å². The van der Waals surface area contributed by atoms with Crippen molar-refractivity contribution in [3.8, 4) is 0 Å². The third kappa shape index (κ3) is 4.08. The minimum Gasteiger partial charge on any atom is -0.465 e. The Balaban J connectivity index is 2.08. The number of methoxy groups -OCH3 is 1. The first-order valence-electron chi connectivity index (χ1n) is 6.70. The maximum absolute atomic E-state index is 12.0. The van der Waals surface area contributed by atoms with Gasteiger partial charge in [-0.3, -0.25) is 10.1 Å². The van der Waals surface area contributed by atoms with Gasteiger partial charge in [0.05, 0.1) is 17.6 Å². The van der Waals surface area contributed by atoms with Crippen molar-refractivity contribution in [2.24, 2.45) is 0 Å². The van der Waals surface area contributed by atoms with Crippen LogP contribution in [0.3, 0.4) is 0 Å². The first kappa shape index (κ1) is 17.4. The van der Waals surface area contributed by atoms with E-state index in [9.17, 15) is 19.7 Å². The lowest BCUT2D eigenvalue weighted by Gasteiger charge is -2.06. The largest absolute Gasteiger partial charge is 0.465 e. The van der Waals surface area contributed by atoms with Gasteiger partial charge in [-0.05, 0) is 29.8 Å². The van der Waals surface area contributed by atoms with Gasteiger partial charge in [-0.2, -0.15) is 0 Å². The number of hydrogen-bond donors (Lipinski definition) is 0. The third-order valence-corrected chi connectivity index (χ3v) is 3.36. The van der Waals surface area contributed by atoms with Crippen molar-refractivity contribution >= 4 is 29.2 Å². The van der Waals surface area contributed by atoms with E-state index >= 15 is 0 Å². The van der Waals surface area contributed by atoms with Crippen LogP contribution in [0.2, 0.25) is 5.02 Å². The van der Waals surface area contributed by atoms with Crippen molar-refractivity contribution in [3.63, 3.8) is 0 Å². The van der Waals surface area contributed by atoms with E-state index in [1.807, 2.05) is 0 Å². The SMILES string of the molecule is COC(=O)c1ccc(COC(=O)c2ccc(Cl)cc2[N+](=O)[O-])cc1. The number of nitro benzene ring substituents is 1. The van der Waals surface area contributed by atoms with Gasteiger partial charge in [-0.15, -0.1) is 0 Å². The molecular formula is C16H12ClNO6. The van der Waals surface area contributed by atoms with Crippen molar-refractivity contribution < 1.29 is 24.0 Å². The molecule has 0 bridgehead atoms. The molecule has 0 saturated carbocycles. The van der Waals surface area contributed by atoms with Crippen LogP contribution in [0.25, 0.3) is 0 Å². The fraction of sp³-hybridized carbons (Fsp3) is 0.125. The second kappa shape index (κ2) is 7.56. The standard InChI is InChI=1S/C16H12ClNO6/c1-23-15(19)11-4-2-10(3-5-11)9-24-16(20)13-7-6-12(17)8-14(13)18(21)22/h2-8H,9H2,1H3. The zero-order chi connectivity index (χ0) is 17.7. The summed E-state index contributed by atoms with van der Waals surface area (Å²) in [7, 11) is 1.27. The number of hydrogen-bond acceptors (Lipinski definition) is 6. The van der Waals surface area contributed by atoms with E-state index in [1.54, 1.807) is 12.1 Å². The van der Waals surface area contributed by atoms with Crippen molar-refractivity contribution in [3.05, 3.63) is 74.3 Å². The molecule has 0 radical (unpaired) electrons. The fourth-order valence-electron chi connectivity index (χ4n) is 1.91. The summed E-state index contributed by atoms with van der Waals surface area (Å²) in [6.45, 7) is -0.0972. The molecule has 24 heavy (non-hydrogen) atoms. The minimum absolute atomic E-state index is 0.0972. The highest BCUT2D eigenvalue weighted by molar-refractivity contribution is 6.31. The average Bonchev–Trinajstić information content (AvgIpc) is 2.59. The highest BCUT2D eigenvalue weighted by Crippen LogP contribution is 2.24. The number of carbonyl (C=O) groups is 2. The summed E-state index contributed by atoms with van der Waals surface area (Å²) >= 11 is 5.70. The van der Waals surface area contributed by atoms with Gasteiger partial charge in [-0.1, -0.05) is 23.7 Å². The number of benzene rings is 2. The normalized spacial score (nSPS) is 10.1. The van der Waals surface area contributed by atoms with Gasteiger partial charge in [0.2, 0.25) is 0 Å². The van der Waals surface area contributed by atoms with Crippen LogP contribution in [0.4, 0.5) is 5.69 Å². The van der Waals surface area contributed by atoms with Gasteiger partial charge in [0.15, 0.2) is 0 Å². The quantitative estimate of drug-likeness (QED) is 0.466. The number of halogens is 1. The van der Waals surface area contributed by atoms with E-state index in [-0.39, 0.29) is 17.2 Å². The molecule has 124 valence electrons. The Morgan fingerprint density at radius 3 is 2.38 bits per heavy atom. The number of carbonyl (C=O) groups excluding carboxylic acids is 2. The smallest absolute Gasteiger partial charge is 0.345 e. The number of esters is 2. The highest BCUT2D eigenvalue weighted by Gasteiger charge is 2.21. The summed E-state index contributed by atoms with van der Waals surface area (Å²) < 4.78 is 9.65. The Morgan fingerprint density at radius 2 is 1.79 bits per heavy atom. The Kier molecular flexibility index (Phi) is 5.49. The molecule has 0 aliphatic rings. The molecule has 0 amide bonds. The van der Waals surface area contributed by atoms with Gasteiger partial charge in [0.25, 0.3) is 5.69 Å². The Labute approximate surface area is 141 Å². The molecule has 0 atom stereocenters. The van der Waals surface area contributed by atoms with Gasteiger partial charge < -0.3 is 9.47 Å². The average molecular weight is 350 g/mol. The predicted molar refractivity (Wildman–Crippen MR) is 85.0 cm³/mol. The predicted octanol–water partition coefficient (Wildman–Crippen LogP) is 3.39. The Hall–Kier alpha value is -2.93. The number of nitrogens with zero attached hydrogens (tertiary/aromatic N) is 1. The van der Waals surface area contributed by atoms with Crippen LogP contribution < -0.4 is 0 Å². The molecule has 0 spiro atoms. The highest BCUT2D eigenvalue weighted by atomic mass is 35.5. The molecule has 0 aliphatic carbocycles. The van der Waals surface area contributed by atoms with Crippen molar-refractivity contribution in [2.45, 2.75) is 6.61 Å². The first-order chi connectivity index (χ1) is 11.4. The summed E-state index contributed by atoms with van der Waals surface area (Å²) in [4.78, 5) is 33.6. The van der Waals surface area contributed by atoms with E-state index in [2.05, 4.69) is 4.74 Å². The Morgan fingerprint density at radius 1 is 1.12 bits per heavy atom. The monoisotopic (exact) mass is 349 g/mol. The summed E-state index contributed by atoms with van der Waals surface area (Å²) in [5.74, 6) is -1.31. The van der Waals surface area contributed by atoms with Crippen molar-refractivity contribution in [1.29, 1.82) is 0 Å². The lowest BCUT2D eigenvalue weighted by molar-refractivity contribution is -0.385. The number of nitro groups is 1. The number of ether oxygens (including phenoxy) is 2.